The third-order valence-corrected chi connectivity index (χ3v) is 7.31. The van der Waals surface area contributed by atoms with Crippen LogP contribution in [-0.4, -0.2) is 54.8 Å². The lowest BCUT2D eigenvalue weighted by Gasteiger charge is -2.33. The van der Waals surface area contributed by atoms with Crippen LogP contribution in [0.15, 0.2) is 23.1 Å². The minimum absolute atomic E-state index is 0.214. The normalized spacial score (nSPS) is 17.8. The molecule has 0 bridgehead atoms. The third-order valence-electron chi connectivity index (χ3n) is 4.90. The van der Waals surface area contributed by atoms with Gasteiger partial charge in [0, 0.05) is 31.9 Å². The van der Waals surface area contributed by atoms with E-state index < -0.39 is 10.0 Å². The molecule has 0 spiro atoms. The molecule has 7 nitrogen and oxygen atoms in total. The highest BCUT2D eigenvalue weighted by molar-refractivity contribution is 7.89. The van der Waals surface area contributed by atoms with Crippen LogP contribution in [0.3, 0.4) is 0 Å². The molecule has 1 aliphatic rings. The molecule has 2 rings (SSSR count). The van der Waals surface area contributed by atoms with Gasteiger partial charge >= 0.3 is 0 Å². The molecule has 0 saturated carbocycles. The van der Waals surface area contributed by atoms with Gasteiger partial charge in [0.1, 0.15) is 0 Å². The van der Waals surface area contributed by atoms with Gasteiger partial charge in [0.2, 0.25) is 15.9 Å². The number of hydrogen-bond acceptors (Lipinski definition) is 4. The fourth-order valence-corrected chi connectivity index (χ4v) is 4.96. The first kappa shape index (κ1) is 21.6. The predicted molar refractivity (Wildman–Crippen MR) is 111 cm³/mol. The number of anilines is 1. The van der Waals surface area contributed by atoms with Gasteiger partial charge in [0.05, 0.1) is 10.8 Å². The summed E-state index contributed by atoms with van der Waals surface area (Å²) in [5.74, 6) is -0.528. The minimum Gasteiger partial charge on any atom is -0.369 e. The molecule has 150 valence electrons. The van der Waals surface area contributed by atoms with Gasteiger partial charge in [-0.05, 0) is 49.7 Å². The number of likely N-dealkylation sites (tertiary alicyclic amines) is 1. The number of aryl methyl sites for hydroxylation is 1. The first-order valence-corrected chi connectivity index (χ1v) is 11.0. The Labute approximate surface area is 166 Å². The van der Waals surface area contributed by atoms with E-state index in [9.17, 15) is 13.2 Å². The average molecular weight is 413 g/mol. The monoisotopic (exact) mass is 412 g/mol. The Balaban J connectivity index is 2.21. The average Bonchev–Trinajstić information content (AvgIpc) is 2.64. The molecule has 1 atom stereocenters. The van der Waals surface area contributed by atoms with Crippen molar-refractivity contribution in [1.29, 1.82) is 0 Å². The number of thiocarbonyl (C=S) groups is 1. The summed E-state index contributed by atoms with van der Waals surface area (Å²) in [4.78, 5) is 13.6. The summed E-state index contributed by atoms with van der Waals surface area (Å²) < 4.78 is 27.0. The van der Waals surface area contributed by atoms with Gasteiger partial charge in [0.25, 0.3) is 0 Å². The van der Waals surface area contributed by atoms with E-state index in [-0.39, 0.29) is 16.7 Å². The predicted octanol–water partition coefficient (Wildman–Crippen LogP) is 1.92. The summed E-state index contributed by atoms with van der Waals surface area (Å²) in [5, 5.41) is 3.62. The Hall–Kier alpha value is -1.71. The Morgan fingerprint density at radius 2 is 2.04 bits per heavy atom. The van der Waals surface area contributed by atoms with Crippen LogP contribution in [-0.2, 0) is 14.8 Å². The van der Waals surface area contributed by atoms with E-state index in [0.29, 0.717) is 30.4 Å². The van der Waals surface area contributed by atoms with Crippen molar-refractivity contribution in [3.8, 4) is 0 Å². The van der Waals surface area contributed by atoms with Gasteiger partial charge in [-0.2, -0.15) is 4.31 Å². The summed E-state index contributed by atoms with van der Waals surface area (Å²) in [6.45, 7) is 7.57. The second-order valence-corrected chi connectivity index (χ2v) is 9.01. The van der Waals surface area contributed by atoms with Crippen molar-refractivity contribution >= 4 is 38.9 Å². The number of sulfonamides is 1. The Bertz CT molecular complexity index is 807. The quantitative estimate of drug-likeness (QED) is 0.693. The summed E-state index contributed by atoms with van der Waals surface area (Å²) in [6.07, 6.45) is 1.61. The fourth-order valence-electron chi connectivity index (χ4n) is 3.20. The van der Waals surface area contributed by atoms with E-state index in [1.54, 1.807) is 18.2 Å². The third kappa shape index (κ3) is 4.97. The molecule has 9 heteroatoms. The van der Waals surface area contributed by atoms with Crippen LogP contribution in [0.5, 0.6) is 0 Å². The maximum absolute atomic E-state index is 12.8. The highest BCUT2D eigenvalue weighted by atomic mass is 32.2. The molecule has 1 fully saturated rings. The molecule has 27 heavy (non-hydrogen) atoms. The van der Waals surface area contributed by atoms with Crippen molar-refractivity contribution in [3.63, 3.8) is 0 Å². The van der Waals surface area contributed by atoms with E-state index in [2.05, 4.69) is 5.32 Å². The number of carbonyl (C=O) groups excluding carboxylic acids is 1. The van der Waals surface area contributed by atoms with Gasteiger partial charge in [0.15, 0.2) is 5.11 Å². The van der Waals surface area contributed by atoms with Gasteiger partial charge in [-0.25, -0.2) is 8.42 Å². The molecule has 1 saturated heterocycles. The zero-order valence-electron chi connectivity index (χ0n) is 16.1. The molecular formula is C18H28N4O3S2. The molecule has 0 radical (unpaired) electrons. The smallest absolute Gasteiger partial charge is 0.243 e. The molecule has 0 aliphatic carbocycles. The molecule has 1 heterocycles. The van der Waals surface area contributed by atoms with Crippen LogP contribution in [0.2, 0.25) is 0 Å². The van der Waals surface area contributed by atoms with Crippen LogP contribution in [0, 0.1) is 12.8 Å². The Kier molecular flexibility index (Phi) is 7.19. The number of carbonyl (C=O) groups is 1. The van der Waals surface area contributed by atoms with E-state index in [4.69, 9.17) is 18.0 Å². The van der Waals surface area contributed by atoms with Crippen LogP contribution in [0.1, 0.15) is 32.3 Å². The lowest BCUT2D eigenvalue weighted by Crippen LogP contribution is -2.45. The molecule has 3 N–H and O–H groups in total. The number of hydrogen-bond donors (Lipinski definition) is 2. The summed E-state index contributed by atoms with van der Waals surface area (Å²) in [6, 6.07) is 5.00. The lowest BCUT2D eigenvalue weighted by molar-refractivity contribution is -0.122. The van der Waals surface area contributed by atoms with Crippen molar-refractivity contribution in [2.45, 2.75) is 38.5 Å². The second kappa shape index (κ2) is 8.99. The highest BCUT2D eigenvalue weighted by Gasteiger charge is 2.26. The largest absolute Gasteiger partial charge is 0.369 e. The lowest BCUT2D eigenvalue weighted by atomic mass is 9.98. The maximum Gasteiger partial charge on any atom is 0.243 e. The number of amides is 1. The molecule has 1 aromatic rings. The highest BCUT2D eigenvalue weighted by Crippen LogP contribution is 2.24. The molecule has 1 unspecified atom stereocenters. The SMILES string of the molecule is CCN(CC)S(=O)(=O)c1ccc(C)c(NC(=S)N2CCCC(C(N)=O)C2)c1. The van der Waals surface area contributed by atoms with Crippen molar-refractivity contribution in [1.82, 2.24) is 9.21 Å². The van der Waals surface area contributed by atoms with Crippen molar-refractivity contribution in [2.24, 2.45) is 11.7 Å². The van der Waals surface area contributed by atoms with Crippen LogP contribution in [0.4, 0.5) is 5.69 Å². The summed E-state index contributed by atoms with van der Waals surface area (Å²) in [7, 11) is -3.55. The number of rotatable bonds is 6. The first-order chi connectivity index (χ1) is 12.7. The summed E-state index contributed by atoms with van der Waals surface area (Å²) >= 11 is 5.49. The standard InChI is InChI=1S/C18H28N4O3S2/c1-4-22(5-2)27(24,25)15-9-8-13(3)16(11-15)20-18(26)21-10-6-7-14(12-21)17(19)23/h8-9,11,14H,4-7,10,12H2,1-3H3,(H2,19,23)(H,20,26). The van der Waals surface area contributed by atoms with Gasteiger partial charge in [-0.3, -0.25) is 4.79 Å². The minimum atomic E-state index is -3.55. The van der Waals surface area contributed by atoms with Crippen molar-refractivity contribution < 1.29 is 13.2 Å². The number of benzene rings is 1. The molecule has 1 aliphatic heterocycles. The zero-order chi connectivity index (χ0) is 20.2. The van der Waals surface area contributed by atoms with Crippen molar-refractivity contribution in [2.75, 3.05) is 31.5 Å². The van der Waals surface area contributed by atoms with Gasteiger partial charge in [-0.1, -0.05) is 19.9 Å². The fraction of sp³-hybridized carbons (Fsp3) is 0.556. The summed E-state index contributed by atoms with van der Waals surface area (Å²) in [5.41, 5.74) is 6.96. The Morgan fingerprint density at radius 3 is 2.63 bits per heavy atom. The maximum atomic E-state index is 12.8. The van der Waals surface area contributed by atoms with E-state index in [0.717, 1.165) is 24.9 Å². The first-order valence-electron chi connectivity index (χ1n) is 9.16. The topological polar surface area (TPSA) is 95.7 Å². The van der Waals surface area contributed by atoms with Crippen molar-refractivity contribution in [3.05, 3.63) is 23.8 Å². The van der Waals surface area contributed by atoms with Crippen LogP contribution >= 0.6 is 12.2 Å². The number of nitrogens with two attached hydrogens (primary N) is 1. The molecule has 1 amide bonds. The number of nitrogens with one attached hydrogen (secondary N) is 1. The van der Waals surface area contributed by atoms with Gasteiger partial charge < -0.3 is 16.0 Å². The number of primary amides is 1. The van der Waals surface area contributed by atoms with Gasteiger partial charge in [-0.15, -0.1) is 0 Å². The second-order valence-electron chi connectivity index (χ2n) is 6.68. The van der Waals surface area contributed by atoms with E-state index in [1.165, 1.54) is 4.31 Å². The van der Waals surface area contributed by atoms with E-state index in [1.807, 2.05) is 25.7 Å². The Morgan fingerprint density at radius 1 is 1.37 bits per heavy atom. The molecular weight excluding hydrogens is 384 g/mol. The van der Waals surface area contributed by atoms with Crippen LogP contribution in [0.25, 0.3) is 0 Å². The number of piperidine rings is 1. The van der Waals surface area contributed by atoms with Crippen LogP contribution < -0.4 is 11.1 Å². The zero-order valence-corrected chi connectivity index (χ0v) is 17.7. The van der Waals surface area contributed by atoms with E-state index >= 15 is 0 Å². The number of nitrogens with zero attached hydrogens (tertiary/aromatic N) is 2. The molecule has 0 aromatic heterocycles. The molecule has 1 aromatic carbocycles.